The van der Waals surface area contributed by atoms with Crippen LogP contribution in [0.25, 0.3) is 0 Å². The van der Waals surface area contributed by atoms with E-state index in [0.717, 1.165) is 11.3 Å². The summed E-state index contributed by atoms with van der Waals surface area (Å²) in [5.74, 6) is -3.01. The van der Waals surface area contributed by atoms with Crippen molar-refractivity contribution in [1.82, 2.24) is 5.32 Å². The van der Waals surface area contributed by atoms with Crippen LogP contribution in [-0.4, -0.2) is 36.0 Å². The van der Waals surface area contributed by atoms with Crippen molar-refractivity contribution in [3.63, 3.8) is 0 Å². The number of aryl methyl sites for hydroxylation is 1. The molecular formula is C16H20N2O4. The molecule has 118 valence electrons. The second-order valence-electron chi connectivity index (χ2n) is 5.65. The molecule has 0 aromatic heterocycles. The summed E-state index contributed by atoms with van der Waals surface area (Å²) in [5.41, 5.74) is 1.89. The van der Waals surface area contributed by atoms with E-state index in [4.69, 9.17) is 5.11 Å². The zero-order chi connectivity index (χ0) is 16.3. The van der Waals surface area contributed by atoms with Gasteiger partial charge in [0.2, 0.25) is 11.8 Å². The third kappa shape index (κ3) is 3.44. The summed E-state index contributed by atoms with van der Waals surface area (Å²) >= 11 is 0. The lowest BCUT2D eigenvalue weighted by Gasteiger charge is -2.17. The van der Waals surface area contributed by atoms with Crippen LogP contribution in [0.3, 0.4) is 0 Å². The first-order valence-electron chi connectivity index (χ1n) is 7.28. The number of rotatable bonds is 5. The fourth-order valence-corrected chi connectivity index (χ4v) is 2.37. The van der Waals surface area contributed by atoms with Crippen molar-refractivity contribution in [3.8, 4) is 0 Å². The topological polar surface area (TPSA) is 86.7 Å². The van der Waals surface area contributed by atoms with E-state index in [2.05, 4.69) is 5.32 Å². The van der Waals surface area contributed by atoms with E-state index in [0.29, 0.717) is 13.0 Å². The van der Waals surface area contributed by atoms with Gasteiger partial charge in [0.25, 0.3) is 0 Å². The van der Waals surface area contributed by atoms with E-state index in [1.807, 2.05) is 31.2 Å². The van der Waals surface area contributed by atoms with Gasteiger partial charge in [0, 0.05) is 18.8 Å². The van der Waals surface area contributed by atoms with E-state index in [-0.39, 0.29) is 12.5 Å². The number of carboxylic acids is 1. The Labute approximate surface area is 129 Å². The molecule has 1 heterocycles. The average Bonchev–Trinajstić information content (AvgIpc) is 2.87. The van der Waals surface area contributed by atoms with Crippen LogP contribution in [0, 0.1) is 18.8 Å². The van der Waals surface area contributed by atoms with Crippen molar-refractivity contribution in [1.29, 1.82) is 0 Å². The van der Waals surface area contributed by atoms with Crippen LogP contribution >= 0.6 is 0 Å². The molecule has 0 spiro atoms. The van der Waals surface area contributed by atoms with Crippen LogP contribution in [0.5, 0.6) is 0 Å². The van der Waals surface area contributed by atoms with Gasteiger partial charge in [0.05, 0.1) is 5.92 Å². The molecule has 0 bridgehead atoms. The van der Waals surface area contributed by atoms with Gasteiger partial charge in [-0.15, -0.1) is 0 Å². The van der Waals surface area contributed by atoms with Gasteiger partial charge in [0.1, 0.15) is 5.92 Å². The Balaban J connectivity index is 1.97. The number of nitrogens with zero attached hydrogens (tertiary/aromatic N) is 1. The van der Waals surface area contributed by atoms with E-state index < -0.39 is 23.7 Å². The molecule has 6 heteroatoms. The van der Waals surface area contributed by atoms with Crippen molar-refractivity contribution >= 4 is 23.5 Å². The summed E-state index contributed by atoms with van der Waals surface area (Å²) in [7, 11) is 0. The lowest BCUT2D eigenvalue weighted by atomic mass is 10.1. The fraction of sp³-hybridized carbons (Fsp3) is 0.438. The maximum absolute atomic E-state index is 12.4. The molecule has 2 amide bonds. The monoisotopic (exact) mass is 304 g/mol. The fourth-order valence-electron chi connectivity index (χ4n) is 2.37. The Hall–Kier alpha value is -2.37. The molecule has 1 saturated heterocycles. The van der Waals surface area contributed by atoms with E-state index in [9.17, 15) is 14.4 Å². The van der Waals surface area contributed by atoms with Crippen molar-refractivity contribution < 1.29 is 19.5 Å². The number of hydrogen-bond donors (Lipinski definition) is 2. The van der Waals surface area contributed by atoms with Gasteiger partial charge in [-0.3, -0.25) is 14.4 Å². The van der Waals surface area contributed by atoms with Gasteiger partial charge in [-0.05, 0) is 25.5 Å². The van der Waals surface area contributed by atoms with Crippen molar-refractivity contribution in [2.45, 2.75) is 20.3 Å². The van der Waals surface area contributed by atoms with Crippen LogP contribution in [0.4, 0.5) is 5.69 Å². The number of amides is 2. The van der Waals surface area contributed by atoms with Crippen LogP contribution in [0.2, 0.25) is 0 Å². The minimum Gasteiger partial charge on any atom is -0.481 e. The van der Waals surface area contributed by atoms with Crippen molar-refractivity contribution in [3.05, 3.63) is 29.8 Å². The molecule has 1 aromatic carbocycles. The van der Waals surface area contributed by atoms with Gasteiger partial charge >= 0.3 is 5.97 Å². The van der Waals surface area contributed by atoms with Gasteiger partial charge in [-0.1, -0.05) is 24.6 Å². The molecule has 0 unspecified atom stereocenters. The third-order valence-electron chi connectivity index (χ3n) is 3.87. The number of benzene rings is 1. The van der Waals surface area contributed by atoms with Crippen LogP contribution in [0.1, 0.15) is 18.9 Å². The van der Waals surface area contributed by atoms with Crippen molar-refractivity contribution in [2.75, 3.05) is 18.0 Å². The highest BCUT2D eigenvalue weighted by molar-refractivity contribution is 6.09. The number of anilines is 1. The number of aliphatic carboxylic acids is 1. The molecule has 1 aliphatic rings. The summed E-state index contributed by atoms with van der Waals surface area (Å²) < 4.78 is 0. The zero-order valence-electron chi connectivity index (χ0n) is 12.7. The highest BCUT2D eigenvalue weighted by Gasteiger charge is 2.37. The minimum atomic E-state index is -0.973. The highest BCUT2D eigenvalue weighted by atomic mass is 16.4. The zero-order valence-corrected chi connectivity index (χ0v) is 12.7. The summed E-state index contributed by atoms with van der Waals surface area (Å²) in [6.07, 6.45) is 0.444. The van der Waals surface area contributed by atoms with Crippen LogP contribution in [0.15, 0.2) is 24.3 Å². The Kier molecular flexibility index (Phi) is 4.80. The summed E-state index contributed by atoms with van der Waals surface area (Å²) in [6.45, 7) is 4.00. The van der Waals surface area contributed by atoms with Gasteiger partial charge in [-0.25, -0.2) is 0 Å². The molecule has 0 aliphatic carbocycles. The first kappa shape index (κ1) is 16.0. The molecule has 0 saturated carbocycles. The smallest absolute Gasteiger partial charge is 0.308 e. The number of hydrogen-bond acceptors (Lipinski definition) is 3. The molecule has 2 N–H and O–H groups in total. The molecule has 1 aliphatic heterocycles. The maximum atomic E-state index is 12.4. The minimum absolute atomic E-state index is 0.0302. The third-order valence-corrected chi connectivity index (χ3v) is 3.87. The Morgan fingerprint density at radius 3 is 2.59 bits per heavy atom. The van der Waals surface area contributed by atoms with Gasteiger partial charge in [-0.2, -0.15) is 0 Å². The quantitative estimate of drug-likeness (QED) is 0.800. The second kappa shape index (κ2) is 6.60. The predicted octanol–water partition coefficient (Wildman–Crippen LogP) is 1.18. The number of carbonyl (C=O) groups is 3. The molecule has 1 fully saturated rings. The van der Waals surface area contributed by atoms with E-state index in [1.165, 1.54) is 6.92 Å². The standard InChI is InChI=1S/C16H20N2O4/c1-10-3-5-12(6-4-10)18-8-7-13(15(18)20)14(19)17-9-11(2)16(21)22/h3-6,11,13H,7-9H2,1-2H3,(H,17,19)(H,21,22)/t11-,13+/m1/s1. The largest absolute Gasteiger partial charge is 0.481 e. The molecule has 2 atom stereocenters. The number of carbonyl (C=O) groups excluding carboxylic acids is 2. The normalized spacial score (nSPS) is 19.1. The Bertz CT molecular complexity index is 582. The Morgan fingerprint density at radius 2 is 2.00 bits per heavy atom. The number of carboxylic acid groups (broad SMARTS) is 1. The van der Waals surface area contributed by atoms with E-state index in [1.54, 1.807) is 4.90 Å². The molecule has 2 rings (SSSR count). The van der Waals surface area contributed by atoms with Gasteiger partial charge in [0.15, 0.2) is 0 Å². The second-order valence-corrected chi connectivity index (χ2v) is 5.65. The van der Waals surface area contributed by atoms with Gasteiger partial charge < -0.3 is 15.3 Å². The highest BCUT2D eigenvalue weighted by Crippen LogP contribution is 2.25. The maximum Gasteiger partial charge on any atom is 0.308 e. The van der Waals surface area contributed by atoms with E-state index >= 15 is 0 Å². The summed E-state index contributed by atoms with van der Waals surface area (Å²) in [4.78, 5) is 36.8. The number of nitrogens with one attached hydrogen (secondary N) is 1. The molecule has 1 aromatic rings. The molecule has 0 radical (unpaired) electrons. The first-order chi connectivity index (χ1) is 10.4. The average molecular weight is 304 g/mol. The molecular weight excluding hydrogens is 284 g/mol. The lowest BCUT2D eigenvalue weighted by Crippen LogP contribution is -2.39. The Morgan fingerprint density at radius 1 is 1.36 bits per heavy atom. The molecule has 6 nitrogen and oxygen atoms in total. The summed E-state index contributed by atoms with van der Waals surface area (Å²) in [5, 5.41) is 11.3. The first-order valence-corrected chi connectivity index (χ1v) is 7.28. The van der Waals surface area contributed by atoms with Crippen LogP contribution in [-0.2, 0) is 14.4 Å². The van der Waals surface area contributed by atoms with Crippen LogP contribution < -0.4 is 10.2 Å². The van der Waals surface area contributed by atoms with Crippen molar-refractivity contribution in [2.24, 2.45) is 11.8 Å². The lowest BCUT2D eigenvalue weighted by molar-refractivity contribution is -0.141. The summed E-state index contributed by atoms with van der Waals surface area (Å²) in [6, 6.07) is 7.56. The predicted molar refractivity (Wildman–Crippen MR) is 81.4 cm³/mol. The molecule has 22 heavy (non-hydrogen) atoms. The SMILES string of the molecule is Cc1ccc(N2CC[C@@H](C(=O)NC[C@@H](C)C(=O)O)C2=O)cc1.